The smallest absolute Gasteiger partial charge is 0.0564 e. The molecule has 0 amide bonds. The van der Waals surface area contributed by atoms with Crippen LogP contribution in [0.3, 0.4) is 0 Å². The average Bonchev–Trinajstić information content (AvgIpc) is 3.36. The number of nitrogens with zero attached hydrogens (tertiary/aromatic N) is 2. The molecule has 0 bridgehead atoms. The minimum absolute atomic E-state index is 0.888. The third-order valence-corrected chi connectivity index (χ3v) is 8.59. The first kappa shape index (κ1) is 18.8. The summed E-state index contributed by atoms with van der Waals surface area (Å²) in [6.45, 7) is 4.85. The molecule has 2 aliphatic heterocycles. The predicted molar refractivity (Wildman–Crippen MR) is 128 cm³/mol. The SMILES string of the molecule is c1ccc2c(c1)CC(CC1CCN(CCN3Sc4cccc5cccc3c45)CC1)C2. The van der Waals surface area contributed by atoms with Gasteiger partial charge in [0.1, 0.15) is 0 Å². The average molecular weight is 415 g/mol. The van der Waals surface area contributed by atoms with Crippen LogP contribution in [0.5, 0.6) is 0 Å². The lowest BCUT2D eigenvalue weighted by atomic mass is 9.86. The van der Waals surface area contributed by atoms with Crippen molar-refractivity contribution in [2.24, 2.45) is 11.8 Å². The highest BCUT2D eigenvalue weighted by Crippen LogP contribution is 2.45. The van der Waals surface area contributed by atoms with E-state index in [1.54, 1.807) is 11.1 Å². The van der Waals surface area contributed by atoms with Crippen LogP contribution < -0.4 is 4.31 Å². The number of anilines is 1. The number of rotatable bonds is 5. The number of likely N-dealkylation sites (tertiary alicyclic amines) is 1. The standard InChI is InChI=1S/C27H30N2S/c1-2-6-24-19-21(18-23(24)5-1)17-20-11-13-28(14-12-20)15-16-29-25-9-3-7-22-8-4-10-26(30-29)27(22)25/h1-10,20-21H,11-19H2. The van der Waals surface area contributed by atoms with Crippen molar-refractivity contribution >= 4 is 28.4 Å². The zero-order valence-electron chi connectivity index (χ0n) is 17.6. The van der Waals surface area contributed by atoms with Gasteiger partial charge in [-0.1, -0.05) is 48.5 Å². The van der Waals surface area contributed by atoms with Crippen LogP contribution in [-0.2, 0) is 12.8 Å². The Morgan fingerprint density at radius 2 is 1.50 bits per heavy atom. The summed E-state index contributed by atoms with van der Waals surface area (Å²) in [5.74, 6) is 1.82. The first-order chi connectivity index (χ1) is 14.8. The van der Waals surface area contributed by atoms with Crippen LogP contribution in [-0.4, -0.2) is 31.1 Å². The second kappa shape index (κ2) is 7.94. The van der Waals surface area contributed by atoms with Crippen molar-refractivity contribution < 1.29 is 0 Å². The molecule has 0 saturated carbocycles. The molecule has 0 aromatic heterocycles. The van der Waals surface area contributed by atoms with Crippen molar-refractivity contribution in [2.75, 3.05) is 30.5 Å². The van der Waals surface area contributed by atoms with E-state index in [0.29, 0.717) is 0 Å². The summed E-state index contributed by atoms with van der Waals surface area (Å²) >= 11 is 1.93. The molecule has 0 atom stereocenters. The highest BCUT2D eigenvalue weighted by molar-refractivity contribution is 8.01. The molecular weight excluding hydrogens is 384 g/mol. The highest BCUT2D eigenvalue weighted by Gasteiger charge is 2.27. The normalized spacial score (nSPS) is 19.7. The summed E-state index contributed by atoms with van der Waals surface area (Å²) in [7, 11) is 0. The summed E-state index contributed by atoms with van der Waals surface area (Å²) in [4.78, 5) is 4.11. The molecule has 30 heavy (non-hydrogen) atoms. The van der Waals surface area contributed by atoms with E-state index in [9.17, 15) is 0 Å². The van der Waals surface area contributed by atoms with Crippen molar-refractivity contribution in [2.45, 2.75) is 37.0 Å². The van der Waals surface area contributed by atoms with Crippen LogP contribution in [0.4, 0.5) is 5.69 Å². The van der Waals surface area contributed by atoms with Crippen LogP contribution in [0.25, 0.3) is 10.8 Å². The van der Waals surface area contributed by atoms with Gasteiger partial charge < -0.3 is 9.21 Å². The van der Waals surface area contributed by atoms with E-state index in [-0.39, 0.29) is 0 Å². The summed E-state index contributed by atoms with van der Waals surface area (Å²) in [5.41, 5.74) is 4.63. The molecule has 3 aromatic rings. The lowest BCUT2D eigenvalue weighted by Gasteiger charge is -2.34. The third-order valence-electron chi connectivity index (χ3n) is 7.45. The van der Waals surface area contributed by atoms with Gasteiger partial charge in [-0.05, 0) is 97.6 Å². The van der Waals surface area contributed by atoms with Gasteiger partial charge >= 0.3 is 0 Å². The van der Waals surface area contributed by atoms with Crippen molar-refractivity contribution in [1.82, 2.24) is 4.90 Å². The molecule has 0 radical (unpaired) electrons. The molecule has 0 N–H and O–H groups in total. The fourth-order valence-electron chi connectivity index (χ4n) is 5.87. The van der Waals surface area contributed by atoms with E-state index in [1.807, 2.05) is 11.9 Å². The van der Waals surface area contributed by atoms with Crippen LogP contribution in [0.15, 0.2) is 65.6 Å². The Hall–Kier alpha value is -1.97. The number of benzene rings is 3. The minimum Gasteiger partial charge on any atom is -0.310 e. The van der Waals surface area contributed by atoms with Crippen molar-refractivity contribution in [1.29, 1.82) is 0 Å². The molecule has 3 aliphatic rings. The zero-order chi connectivity index (χ0) is 19.9. The molecule has 3 heteroatoms. The van der Waals surface area contributed by atoms with Gasteiger partial charge in [0.2, 0.25) is 0 Å². The first-order valence-corrected chi connectivity index (χ1v) is 12.4. The Bertz CT molecular complexity index is 1020. The van der Waals surface area contributed by atoms with E-state index >= 15 is 0 Å². The Labute approximate surface area is 184 Å². The number of piperidine rings is 1. The van der Waals surface area contributed by atoms with E-state index in [1.165, 1.54) is 73.1 Å². The van der Waals surface area contributed by atoms with E-state index < -0.39 is 0 Å². The van der Waals surface area contributed by atoms with Crippen LogP contribution in [0.2, 0.25) is 0 Å². The fourth-order valence-corrected chi connectivity index (χ4v) is 6.99. The number of hydrogen-bond acceptors (Lipinski definition) is 3. The van der Waals surface area contributed by atoms with Gasteiger partial charge in [-0.3, -0.25) is 0 Å². The monoisotopic (exact) mass is 414 g/mol. The Morgan fingerprint density at radius 1 is 0.767 bits per heavy atom. The van der Waals surface area contributed by atoms with Crippen LogP contribution in [0, 0.1) is 11.8 Å². The van der Waals surface area contributed by atoms with Crippen LogP contribution in [0.1, 0.15) is 30.4 Å². The Morgan fingerprint density at radius 3 is 2.27 bits per heavy atom. The van der Waals surface area contributed by atoms with Gasteiger partial charge in [-0.25, -0.2) is 0 Å². The van der Waals surface area contributed by atoms with Crippen molar-refractivity contribution in [3.05, 3.63) is 71.8 Å². The largest absolute Gasteiger partial charge is 0.310 e. The molecule has 1 aliphatic carbocycles. The molecule has 2 heterocycles. The van der Waals surface area contributed by atoms with Gasteiger partial charge in [0, 0.05) is 23.4 Å². The van der Waals surface area contributed by atoms with Gasteiger partial charge in [-0.15, -0.1) is 0 Å². The molecule has 3 aromatic carbocycles. The molecular formula is C27H30N2S. The molecule has 1 saturated heterocycles. The Kier molecular flexibility index (Phi) is 4.97. The maximum Gasteiger partial charge on any atom is 0.0564 e. The summed E-state index contributed by atoms with van der Waals surface area (Å²) in [6.07, 6.45) is 6.83. The summed E-state index contributed by atoms with van der Waals surface area (Å²) in [5, 5.41) is 2.82. The molecule has 0 spiro atoms. The zero-order valence-corrected chi connectivity index (χ0v) is 18.4. The first-order valence-electron chi connectivity index (χ1n) is 11.6. The van der Waals surface area contributed by atoms with Gasteiger partial charge in [0.15, 0.2) is 0 Å². The topological polar surface area (TPSA) is 6.48 Å². The number of fused-ring (bicyclic) bond motifs is 1. The summed E-state index contributed by atoms with van der Waals surface area (Å²) in [6, 6.07) is 22.5. The highest BCUT2D eigenvalue weighted by atomic mass is 32.2. The lowest BCUT2D eigenvalue weighted by molar-refractivity contribution is 0.172. The number of hydrogen-bond donors (Lipinski definition) is 0. The maximum absolute atomic E-state index is 2.70. The molecule has 1 fully saturated rings. The Balaban J connectivity index is 1.00. The lowest BCUT2D eigenvalue weighted by Crippen LogP contribution is -2.38. The summed E-state index contributed by atoms with van der Waals surface area (Å²) < 4.78 is 2.51. The molecule has 2 nitrogen and oxygen atoms in total. The van der Waals surface area contributed by atoms with Gasteiger partial charge in [0.25, 0.3) is 0 Å². The molecule has 154 valence electrons. The van der Waals surface area contributed by atoms with Crippen LogP contribution >= 0.6 is 11.9 Å². The predicted octanol–water partition coefficient (Wildman–Crippen LogP) is 6.18. The van der Waals surface area contributed by atoms with E-state index in [2.05, 4.69) is 69.9 Å². The van der Waals surface area contributed by atoms with E-state index in [4.69, 9.17) is 0 Å². The van der Waals surface area contributed by atoms with Gasteiger partial charge in [0.05, 0.1) is 5.69 Å². The maximum atomic E-state index is 2.70. The minimum atomic E-state index is 0.888. The third kappa shape index (κ3) is 3.52. The second-order valence-electron chi connectivity index (χ2n) is 9.39. The van der Waals surface area contributed by atoms with Crippen molar-refractivity contribution in [3.8, 4) is 0 Å². The second-order valence-corrected chi connectivity index (χ2v) is 10.5. The van der Waals surface area contributed by atoms with Gasteiger partial charge in [-0.2, -0.15) is 0 Å². The van der Waals surface area contributed by atoms with Crippen molar-refractivity contribution in [3.63, 3.8) is 0 Å². The van der Waals surface area contributed by atoms with E-state index in [0.717, 1.165) is 18.4 Å². The fraction of sp³-hybridized carbons (Fsp3) is 0.407. The molecule has 6 rings (SSSR count). The quantitative estimate of drug-likeness (QED) is 0.460. The molecule has 0 unspecified atom stereocenters.